The second-order valence-electron chi connectivity index (χ2n) is 4.04. The van der Waals surface area contributed by atoms with E-state index in [2.05, 4.69) is 31.4 Å². The van der Waals surface area contributed by atoms with Gasteiger partial charge in [-0.25, -0.2) is 0 Å². The molecule has 1 N–H and O–H groups in total. The maximum atomic E-state index is 5.67. The van der Waals surface area contributed by atoms with Gasteiger partial charge in [-0.2, -0.15) is 5.10 Å². The lowest BCUT2D eigenvalue weighted by Gasteiger charge is -2.08. The third kappa shape index (κ3) is 3.91. The predicted octanol–water partition coefficient (Wildman–Crippen LogP) is 3.15. The molecule has 106 valence electrons. The highest BCUT2D eigenvalue weighted by molar-refractivity contribution is 9.10. The maximum absolute atomic E-state index is 5.67. The topological polar surface area (TPSA) is 56.3 Å². The van der Waals surface area contributed by atoms with Crippen LogP contribution in [0.25, 0.3) is 0 Å². The van der Waals surface area contributed by atoms with Crippen LogP contribution in [0, 0.1) is 0 Å². The highest BCUT2D eigenvalue weighted by atomic mass is 79.9. The minimum Gasteiger partial charge on any atom is -0.497 e. The summed E-state index contributed by atoms with van der Waals surface area (Å²) in [6.07, 6.45) is 0. The molecule has 2 rings (SSSR count). The summed E-state index contributed by atoms with van der Waals surface area (Å²) in [6, 6.07) is 9.17. The summed E-state index contributed by atoms with van der Waals surface area (Å²) in [6.45, 7) is 3.65. The molecule has 20 heavy (non-hydrogen) atoms. The molecule has 0 saturated heterocycles. The first kappa shape index (κ1) is 14.7. The Balaban J connectivity index is 2.06. The van der Waals surface area contributed by atoms with Gasteiger partial charge in [-0.3, -0.25) is 0 Å². The number of rotatable bonds is 6. The van der Waals surface area contributed by atoms with E-state index in [-0.39, 0.29) is 0 Å². The molecule has 0 radical (unpaired) electrons. The van der Waals surface area contributed by atoms with Crippen LogP contribution in [0.3, 0.4) is 0 Å². The summed E-state index contributed by atoms with van der Waals surface area (Å²) in [5.74, 6) is 1.88. The maximum Gasteiger partial charge on any atom is 0.238 e. The molecule has 0 saturated carbocycles. The Bertz CT molecular complexity index is 561. The van der Waals surface area contributed by atoms with Crippen LogP contribution < -0.4 is 14.8 Å². The van der Waals surface area contributed by atoms with Crippen molar-refractivity contribution in [2.45, 2.75) is 13.5 Å². The first-order chi connectivity index (χ1) is 9.72. The normalized spacial score (nSPS) is 10.3. The number of nitrogens with one attached hydrogen (secondary N) is 1. The van der Waals surface area contributed by atoms with Gasteiger partial charge in [-0.15, -0.1) is 5.10 Å². The molecule has 0 aliphatic carbocycles. The molecule has 1 heterocycles. The Kier molecular flexibility index (Phi) is 5.31. The van der Waals surface area contributed by atoms with Crippen molar-refractivity contribution in [1.29, 1.82) is 0 Å². The lowest BCUT2D eigenvalue weighted by molar-refractivity contribution is 0.411. The summed E-state index contributed by atoms with van der Waals surface area (Å²) in [5, 5.41) is 11.3. The highest BCUT2D eigenvalue weighted by Gasteiger charge is 2.06. The lowest BCUT2D eigenvalue weighted by Crippen LogP contribution is -2.13. The van der Waals surface area contributed by atoms with Gasteiger partial charge in [0.05, 0.1) is 17.3 Å². The van der Waals surface area contributed by atoms with Gasteiger partial charge in [0, 0.05) is 12.6 Å². The number of methoxy groups -OCH3 is 1. The quantitative estimate of drug-likeness (QED) is 0.877. The van der Waals surface area contributed by atoms with Crippen LogP contribution in [0.5, 0.6) is 17.4 Å². The number of benzene rings is 1. The molecule has 0 aliphatic heterocycles. The van der Waals surface area contributed by atoms with Gasteiger partial charge in [0.2, 0.25) is 5.88 Å². The fourth-order valence-electron chi connectivity index (χ4n) is 1.55. The molecule has 0 spiro atoms. The van der Waals surface area contributed by atoms with Crippen molar-refractivity contribution in [3.05, 3.63) is 40.5 Å². The molecular formula is C14H16BrN3O2. The zero-order chi connectivity index (χ0) is 14.4. The molecule has 6 heteroatoms. The smallest absolute Gasteiger partial charge is 0.238 e. The average Bonchev–Trinajstić information content (AvgIpc) is 2.48. The van der Waals surface area contributed by atoms with E-state index < -0.39 is 0 Å². The number of nitrogens with zero attached hydrogens (tertiary/aromatic N) is 2. The SMILES string of the molecule is CCNCc1ccc(Oc2ccc(OC)cc2Br)nn1. The van der Waals surface area contributed by atoms with Crippen molar-refractivity contribution in [1.82, 2.24) is 15.5 Å². The van der Waals surface area contributed by atoms with E-state index in [1.165, 1.54) is 0 Å². The first-order valence-electron chi connectivity index (χ1n) is 6.27. The van der Waals surface area contributed by atoms with Crippen LogP contribution in [0.1, 0.15) is 12.6 Å². The van der Waals surface area contributed by atoms with Gasteiger partial charge in [0.15, 0.2) is 0 Å². The van der Waals surface area contributed by atoms with Crippen molar-refractivity contribution in [3.63, 3.8) is 0 Å². The van der Waals surface area contributed by atoms with Crippen LogP contribution in [0.15, 0.2) is 34.8 Å². The van der Waals surface area contributed by atoms with Crippen molar-refractivity contribution in [2.24, 2.45) is 0 Å². The van der Waals surface area contributed by atoms with Gasteiger partial charge in [0.25, 0.3) is 0 Å². The number of hydrogen-bond donors (Lipinski definition) is 1. The summed E-state index contributed by atoms with van der Waals surface area (Å²) in [7, 11) is 1.62. The van der Waals surface area contributed by atoms with E-state index in [1.807, 2.05) is 31.2 Å². The highest BCUT2D eigenvalue weighted by Crippen LogP contribution is 2.31. The molecule has 0 bridgehead atoms. The second kappa shape index (κ2) is 7.21. The minimum atomic E-state index is 0.455. The predicted molar refractivity (Wildman–Crippen MR) is 80.2 cm³/mol. The zero-order valence-corrected chi connectivity index (χ0v) is 13.0. The van der Waals surface area contributed by atoms with E-state index in [9.17, 15) is 0 Å². The summed E-state index contributed by atoms with van der Waals surface area (Å²) >= 11 is 3.43. The molecule has 0 fully saturated rings. The second-order valence-corrected chi connectivity index (χ2v) is 4.90. The average molecular weight is 338 g/mol. The number of hydrogen-bond acceptors (Lipinski definition) is 5. The van der Waals surface area contributed by atoms with E-state index in [4.69, 9.17) is 9.47 Å². The molecular weight excluding hydrogens is 322 g/mol. The van der Waals surface area contributed by atoms with Crippen molar-refractivity contribution >= 4 is 15.9 Å². The summed E-state index contributed by atoms with van der Waals surface area (Å²) in [5.41, 5.74) is 0.882. The number of halogens is 1. The fourth-order valence-corrected chi connectivity index (χ4v) is 1.99. The van der Waals surface area contributed by atoms with Crippen LogP contribution >= 0.6 is 15.9 Å². The minimum absolute atomic E-state index is 0.455. The molecule has 0 amide bonds. The van der Waals surface area contributed by atoms with E-state index in [0.717, 1.165) is 22.5 Å². The third-order valence-corrected chi connectivity index (χ3v) is 3.22. The van der Waals surface area contributed by atoms with Crippen molar-refractivity contribution < 1.29 is 9.47 Å². The number of ether oxygens (including phenoxy) is 2. The van der Waals surface area contributed by atoms with E-state index >= 15 is 0 Å². The Morgan fingerprint density at radius 2 is 2.05 bits per heavy atom. The van der Waals surface area contributed by atoms with E-state index in [1.54, 1.807) is 13.2 Å². The molecule has 0 atom stereocenters. The third-order valence-electron chi connectivity index (χ3n) is 2.60. The van der Waals surface area contributed by atoms with Gasteiger partial charge >= 0.3 is 0 Å². The van der Waals surface area contributed by atoms with Gasteiger partial charge in [-0.05, 0) is 46.7 Å². The first-order valence-corrected chi connectivity index (χ1v) is 7.07. The van der Waals surface area contributed by atoms with E-state index in [0.29, 0.717) is 18.2 Å². The monoisotopic (exact) mass is 337 g/mol. The summed E-state index contributed by atoms with van der Waals surface area (Å²) in [4.78, 5) is 0. The zero-order valence-electron chi connectivity index (χ0n) is 11.4. The van der Waals surface area contributed by atoms with Gasteiger partial charge in [0.1, 0.15) is 11.5 Å². The molecule has 5 nitrogen and oxygen atoms in total. The van der Waals surface area contributed by atoms with Gasteiger partial charge in [-0.1, -0.05) is 6.92 Å². The molecule has 0 unspecified atom stereocenters. The fraction of sp³-hybridized carbons (Fsp3) is 0.286. The van der Waals surface area contributed by atoms with Crippen molar-refractivity contribution in [2.75, 3.05) is 13.7 Å². The molecule has 1 aromatic heterocycles. The Morgan fingerprint density at radius 1 is 1.20 bits per heavy atom. The van der Waals surface area contributed by atoms with Crippen LogP contribution in [0.4, 0.5) is 0 Å². The van der Waals surface area contributed by atoms with Crippen LogP contribution in [-0.4, -0.2) is 23.9 Å². The van der Waals surface area contributed by atoms with Crippen LogP contribution in [-0.2, 0) is 6.54 Å². The Hall–Kier alpha value is -1.66. The summed E-state index contributed by atoms with van der Waals surface area (Å²) < 4.78 is 11.6. The number of aromatic nitrogens is 2. The molecule has 2 aromatic rings. The van der Waals surface area contributed by atoms with Crippen molar-refractivity contribution in [3.8, 4) is 17.4 Å². The Labute approximate surface area is 126 Å². The lowest BCUT2D eigenvalue weighted by atomic mass is 10.3. The van der Waals surface area contributed by atoms with Crippen LogP contribution in [0.2, 0.25) is 0 Å². The molecule has 0 aliphatic rings. The van der Waals surface area contributed by atoms with Gasteiger partial charge < -0.3 is 14.8 Å². The largest absolute Gasteiger partial charge is 0.497 e. The molecule has 1 aromatic carbocycles. The standard InChI is InChI=1S/C14H16BrN3O2/c1-3-16-9-10-4-7-14(18-17-10)20-13-6-5-11(19-2)8-12(13)15/h4-8,16H,3,9H2,1-2H3. The Morgan fingerprint density at radius 3 is 2.65 bits per heavy atom.